The minimum absolute atomic E-state index is 0.355. The molecule has 0 spiro atoms. The van der Waals surface area contributed by atoms with Crippen LogP contribution in [0.4, 0.5) is 0 Å². The van der Waals surface area contributed by atoms with E-state index in [1.54, 1.807) is 0 Å². The summed E-state index contributed by atoms with van der Waals surface area (Å²) >= 11 is 0. The van der Waals surface area contributed by atoms with E-state index in [4.69, 9.17) is 9.47 Å². The predicted molar refractivity (Wildman–Crippen MR) is 88.6 cm³/mol. The minimum atomic E-state index is -0.355. The van der Waals surface area contributed by atoms with Gasteiger partial charge in [-0.3, -0.25) is 0 Å². The van der Waals surface area contributed by atoms with Crippen LogP contribution in [-0.4, -0.2) is 25.2 Å². The number of rotatable bonds is 12. The average Bonchev–Trinajstić information content (AvgIpc) is 2.51. The minimum Gasteiger partial charge on any atom is -0.462 e. The zero-order valence-corrected chi connectivity index (χ0v) is 14.7. The van der Waals surface area contributed by atoms with E-state index in [0.717, 1.165) is 38.5 Å². The number of unbranched alkanes of at least 4 members (excludes halogenated alkanes) is 2. The molecule has 0 fully saturated rings. The van der Waals surface area contributed by atoms with E-state index >= 15 is 0 Å². The van der Waals surface area contributed by atoms with Crippen molar-refractivity contribution in [1.82, 2.24) is 0 Å². The summed E-state index contributed by atoms with van der Waals surface area (Å²) in [5, 5.41) is 0. The zero-order valence-electron chi connectivity index (χ0n) is 14.7. The van der Waals surface area contributed by atoms with Crippen molar-refractivity contribution >= 4 is 11.9 Å². The molecule has 4 heteroatoms. The monoisotopic (exact) mass is 312 g/mol. The molecule has 0 unspecified atom stereocenters. The third-order valence-electron chi connectivity index (χ3n) is 3.32. The molecule has 0 aromatic heterocycles. The van der Waals surface area contributed by atoms with Gasteiger partial charge < -0.3 is 9.47 Å². The zero-order chi connectivity index (χ0) is 16.8. The molecule has 0 bridgehead atoms. The van der Waals surface area contributed by atoms with E-state index in [1.165, 1.54) is 0 Å². The summed E-state index contributed by atoms with van der Waals surface area (Å²) in [5.74, 6) is -0.711. The van der Waals surface area contributed by atoms with Gasteiger partial charge in [0.15, 0.2) is 0 Å². The van der Waals surface area contributed by atoms with Gasteiger partial charge in [0.05, 0.1) is 13.2 Å². The smallest absolute Gasteiger partial charge is 0.334 e. The molecule has 0 heterocycles. The average molecular weight is 312 g/mol. The molecule has 0 saturated heterocycles. The van der Waals surface area contributed by atoms with Crippen LogP contribution >= 0.6 is 0 Å². The van der Waals surface area contributed by atoms with Crippen molar-refractivity contribution in [2.75, 3.05) is 13.2 Å². The topological polar surface area (TPSA) is 52.6 Å². The van der Waals surface area contributed by atoms with Crippen molar-refractivity contribution in [3.05, 3.63) is 11.1 Å². The maximum atomic E-state index is 12.3. The third kappa shape index (κ3) is 8.20. The molecule has 0 aliphatic rings. The number of carbonyl (C=O) groups excluding carboxylic acids is 2. The van der Waals surface area contributed by atoms with Crippen LogP contribution < -0.4 is 0 Å². The molecule has 0 atom stereocenters. The lowest BCUT2D eigenvalue weighted by atomic mass is 10.00. The number of carbonyl (C=O) groups is 2. The fourth-order valence-corrected chi connectivity index (χ4v) is 2.04. The summed E-state index contributed by atoms with van der Waals surface area (Å²) in [6.45, 7) is 8.89. The molecule has 22 heavy (non-hydrogen) atoms. The van der Waals surface area contributed by atoms with Crippen molar-refractivity contribution < 1.29 is 19.1 Å². The maximum Gasteiger partial charge on any atom is 0.334 e. The lowest BCUT2D eigenvalue weighted by Gasteiger charge is -2.14. The summed E-state index contributed by atoms with van der Waals surface area (Å²) < 4.78 is 10.6. The third-order valence-corrected chi connectivity index (χ3v) is 3.32. The van der Waals surface area contributed by atoms with Gasteiger partial charge in [0.2, 0.25) is 0 Å². The fraction of sp³-hybridized carbons (Fsp3) is 0.778. The highest BCUT2D eigenvalue weighted by Crippen LogP contribution is 2.20. The highest BCUT2D eigenvalue weighted by Gasteiger charge is 2.22. The van der Waals surface area contributed by atoms with Gasteiger partial charge >= 0.3 is 11.9 Å². The molecule has 4 nitrogen and oxygen atoms in total. The van der Waals surface area contributed by atoms with Crippen LogP contribution in [0.25, 0.3) is 0 Å². The van der Waals surface area contributed by atoms with Crippen molar-refractivity contribution in [3.63, 3.8) is 0 Å². The largest absolute Gasteiger partial charge is 0.462 e. The van der Waals surface area contributed by atoms with Gasteiger partial charge in [0, 0.05) is 11.1 Å². The molecular formula is C18H32O4. The molecule has 0 radical (unpaired) electrons. The van der Waals surface area contributed by atoms with Gasteiger partial charge in [-0.05, 0) is 25.7 Å². The first kappa shape index (κ1) is 20.7. The van der Waals surface area contributed by atoms with E-state index in [2.05, 4.69) is 0 Å². The Morgan fingerprint density at radius 3 is 1.27 bits per heavy atom. The molecule has 0 aliphatic carbocycles. The van der Waals surface area contributed by atoms with Gasteiger partial charge in [0.25, 0.3) is 0 Å². The van der Waals surface area contributed by atoms with E-state index in [1.807, 2.05) is 27.7 Å². The summed E-state index contributed by atoms with van der Waals surface area (Å²) in [6.07, 6.45) is 6.35. The summed E-state index contributed by atoms with van der Waals surface area (Å²) in [4.78, 5) is 24.5. The second kappa shape index (κ2) is 13.4. The van der Waals surface area contributed by atoms with Crippen LogP contribution in [0, 0.1) is 0 Å². The van der Waals surface area contributed by atoms with Crippen LogP contribution in [0.15, 0.2) is 11.1 Å². The Balaban J connectivity index is 5.08. The Bertz CT molecular complexity index is 324. The lowest BCUT2D eigenvalue weighted by molar-refractivity contribution is -0.142. The SMILES string of the molecule is CCCCOC(=O)C(CCC)=C(CCC)C(=O)OCCCC. The number of hydrogen-bond acceptors (Lipinski definition) is 4. The first-order valence-electron chi connectivity index (χ1n) is 8.68. The van der Waals surface area contributed by atoms with Gasteiger partial charge in [-0.25, -0.2) is 9.59 Å². The number of esters is 2. The van der Waals surface area contributed by atoms with Crippen molar-refractivity contribution in [1.29, 1.82) is 0 Å². The second-order valence-corrected chi connectivity index (χ2v) is 5.44. The lowest BCUT2D eigenvalue weighted by Crippen LogP contribution is -2.18. The first-order chi connectivity index (χ1) is 10.6. The maximum absolute atomic E-state index is 12.3. The molecule has 0 aromatic carbocycles. The van der Waals surface area contributed by atoms with Crippen LogP contribution in [0.3, 0.4) is 0 Å². The predicted octanol–water partition coefficient (Wildman–Crippen LogP) is 4.57. The van der Waals surface area contributed by atoms with Gasteiger partial charge in [-0.15, -0.1) is 0 Å². The molecule has 0 amide bonds. The standard InChI is InChI=1S/C18H32O4/c1-5-9-13-21-17(19)15(11-7-3)16(12-8-4)18(20)22-14-10-6-2/h5-14H2,1-4H3. The molecular weight excluding hydrogens is 280 g/mol. The molecule has 0 aliphatic heterocycles. The normalized spacial score (nSPS) is 11.8. The van der Waals surface area contributed by atoms with Gasteiger partial charge in [-0.1, -0.05) is 53.4 Å². The Labute approximate surface area is 135 Å². The van der Waals surface area contributed by atoms with Crippen molar-refractivity contribution in [2.24, 2.45) is 0 Å². The molecule has 0 rings (SSSR count). The van der Waals surface area contributed by atoms with E-state index in [0.29, 0.717) is 37.2 Å². The number of hydrogen-bond donors (Lipinski definition) is 0. The number of ether oxygens (including phenoxy) is 2. The van der Waals surface area contributed by atoms with Crippen molar-refractivity contribution in [3.8, 4) is 0 Å². The highest BCUT2D eigenvalue weighted by molar-refractivity contribution is 6.00. The fourth-order valence-electron chi connectivity index (χ4n) is 2.04. The molecule has 0 saturated carbocycles. The molecule has 128 valence electrons. The van der Waals surface area contributed by atoms with Gasteiger partial charge in [0.1, 0.15) is 0 Å². The highest BCUT2D eigenvalue weighted by atomic mass is 16.5. The first-order valence-corrected chi connectivity index (χ1v) is 8.68. The van der Waals surface area contributed by atoms with Gasteiger partial charge in [-0.2, -0.15) is 0 Å². The van der Waals surface area contributed by atoms with Crippen LogP contribution in [0.1, 0.15) is 79.1 Å². The summed E-state index contributed by atoms with van der Waals surface area (Å²) in [7, 11) is 0. The van der Waals surface area contributed by atoms with Crippen LogP contribution in [-0.2, 0) is 19.1 Å². The summed E-state index contributed by atoms with van der Waals surface area (Å²) in [6, 6.07) is 0. The Hall–Kier alpha value is -1.32. The van der Waals surface area contributed by atoms with Crippen molar-refractivity contribution in [2.45, 2.75) is 79.1 Å². The van der Waals surface area contributed by atoms with Crippen LogP contribution in [0.2, 0.25) is 0 Å². The Morgan fingerprint density at radius 1 is 0.636 bits per heavy atom. The van der Waals surface area contributed by atoms with E-state index < -0.39 is 0 Å². The van der Waals surface area contributed by atoms with E-state index in [-0.39, 0.29) is 11.9 Å². The van der Waals surface area contributed by atoms with Crippen LogP contribution in [0.5, 0.6) is 0 Å². The second-order valence-electron chi connectivity index (χ2n) is 5.44. The Kier molecular flexibility index (Phi) is 12.5. The van der Waals surface area contributed by atoms with E-state index in [9.17, 15) is 9.59 Å². The summed E-state index contributed by atoms with van der Waals surface area (Å²) in [5.41, 5.74) is 1.00. The quantitative estimate of drug-likeness (QED) is 0.301. The Morgan fingerprint density at radius 2 is 1.00 bits per heavy atom. The molecule has 0 N–H and O–H groups in total. The molecule has 0 aromatic rings.